The Labute approximate surface area is 102 Å². The number of aromatic nitrogens is 1. The van der Waals surface area contributed by atoms with E-state index in [1.54, 1.807) is 12.4 Å². The quantitative estimate of drug-likeness (QED) is 0.407. The monoisotopic (exact) mass is 237 g/mol. The fourth-order valence-corrected chi connectivity index (χ4v) is 1.56. The number of hydrogen-bond donors (Lipinski definition) is 1. The first-order valence-electron chi connectivity index (χ1n) is 5.97. The smallest absolute Gasteiger partial charge is 0.182 e. The molecule has 1 aromatic rings. The van der Waals surface area contributed by atoms with Gasteiger partial charge in [0.05, 0.1) is 0 Å². The Morgan fingerprint density at radius 3 is 2.88 bits per heavy atom. The van der Waals surface area contributed by atoms with Crippen LogP contribution in [-0.4, -0.2) is 17.8 Å². The molecule has 0 bridgehead atoms. The summed E-state index contributed by atoms with van der Waals surface area (Å²) in [6.07, 6.45) is 7.05. The van der Waals surface area contributed by atoms with Gasteiger partial charge < -0.3 is 4.84 Å². The van der Waals surface area contributed by atoms with Crippen LogP contribution in [0.5, 0.6) is 0 Å². The Morgan fingerprint density at radius 2 is 2.24 bits per heavy atom. The zero-order valence-electron chi connectivity index (χ0n) is 10.1. The Kier molecular flexibility index (Phi) is 6.90. The summed E-state index contributed by atoms with van der Waals surface area (Å²) in [5, 5.41) is 5.66. The summed E-state index contributed by atoms with van der Waals surface area (Å²) in [5.74, 6) is 0. The van der Waals surface area contributed by atoms with Gasteiger partial charge in [0.15, 0.2) is 11.6 Å². The van der Waals surface area contributed by atoms with Crippen LogP contribution in [0.25, 0.3) is 0 Å². The van der Waals surface area contributed by atoms with E-state index in [0.29, 0.717) is 0 Å². The van der Waals surface area contributed by atoms with E-state index >= 15 is 0 Å². The van der Waals surface area contributed by atoms with Crippen LogP contribution in [0.4, 0.5) is 0 Å². The van der Waals surface area contributed by atoms with Gasteiger partial charge in [-0.15, -0.1) is 4.91 Å². The van der Waals surface area contributed by atoms with Gasteiger partial charge in [0.25, 0.3) is 0 Å². The first-order valence-corrected chi connectivity index (χ1v) is 5.97. The lowest BCUT2D eigenvalue weighted by Crippen LogP contribution is -2.32. The van der Waals surface area contributed by atoms with Crippen molar-refractivity contribution in [1.29, 1.82) is 0 Å². The lowest BCUT2D eigenvalue weighted by molar-refractivity contribution is 0.0241. The van der Waals surface area contributed by atoms with E-state index in [-0.39, 0.29) is 6.23 Å². The minimum absolute atomic E-state index is 0.269. The Morgan fingerprint density at radius 1 is 1.47 bits per heavy atom. The molecule has 0 fully saturated rings. The van der Waals surface area contributed by atoms with Crippen LogP contribution in [0, 0.1) is 4.91 Å². The van der Waals surface area contributed by atoms with E-state index in [2.05, 4.69) is 22.6 Å². The van der Waals surface area contributed by atoms with Gasteiger partial charge in [-0.1, -0.05) is 13.3 Å². The van der Waals surface area contributed by atoms with Crippen molar-refractivity contribution in [3.63, 3.8) is 0 Å². The zero-order chi connectivity index (χ0) is 12.3. The molecule has 1 atom stereocenters. The van der Waals surface area contributed by atoms with Crippen LogP contribution in [0.1, 0.15) is 31.7 Å². The lowest BCUT2D eigenvalue weighted by atomic mass is 10.2. The second-order valence-corrected chi connectivity index (χ2v) is 3.87. The Hall–Kier alpha value is -1.49. The second kappa shape index (κ2) is 8.64. The van der Waals surface area contributed by atoms with E-state index < -0.39 is 0 Å². The van der Waals surface area contributed by atoms with Crippen LogP contribution in [0.15, 0.2) is 29.9 Å². The molecule has 1 unspecified atom stereocenters. The fourth-order valence-electron chi connectivity index (χ4n) is 1.56. The number of pyridine rings is 1. The van der Waals surface area contributed by atoms with Crippen LogP contribution in [0.2, 0.25) is 0 Å². The normalized spacial score (nSPS) is 12.1. The number of hydrogen-bond acceptors (Lipinski definition) is 5. The van der Waals surface area contributed by atoms with Gasteiger partial charge in [-0.25, -0.2) is 0 Å². The SMILES string of the molecule is CCCCC(NCCc1ccncc1)ON=O. The van der Waals surface area contributed by atoms with Crippen molar-refractivity contribution in [3.8, 4) is 0 Å². The van der Waals surface area contributed by atoms with Gasteiger partial charge >= 0.3 is 0 Å². The minimum Gasteiger partial charge on any atom is -0.345 e. The molecule has 0 amide bonds. The van der Waals surface area contributed by atoms with Crippen LogP contribution in [0.3, 0.4) is 0 Å². The molecule has 1 heterocycles. The largest absolute Gasteiger partial charge is 0.345 e. The summed E-state index contributed by atoms with van der Waals surface area (Å²) in [7, 11) is 0. The molecule has 0 aliphatic rings. The number of rotatable bonds is 9. The van der Waals surface area contributed by atoms with Gasteiger partial charge in [0.2, 0.25) is 0 Å². The van der Waals surface area contributed by atoms with Gasteiger partial charge in [0, 0.05) is 25.4 Å². The summed E-state index contributed by atoms with van der Waals surface area (Å²) in [6.45, 7) is 2.86. The summed E-state index contributed by atoms with van der Waals surface area (Å²) in [5.41, 5.74) is 1.21. The molecule has 0 radical (unpaired) electrons. The highest BCUT2D eigenvalue weighted by molar-refractivity contribution is 5.09. The Bertz CT molecular complexity index is 306. The maximum Gasteiger partial charge on any atom is 0.182 e. The third-order valence-electron chi connectivity index (χ3n) is 2.53. The third-order valence-corrected chi connectivity index (χ3v) is 2.53. The Balaban J connectivity index is 2.24. The second-order valence-electron chi connectivity index (χ2n) is 3.87. The molecule has 1 N–H and O–H groups in total. The predicted octanol–water partition coefficient (Wildman–Crippen LogP) is 2.43. The van der Waals surface area contributed by atoms with Crippen molar-refractivity contribution in [2.75, 3.05) is 6.54 Å². The summed E-state index contributed by atoms with van der Waals surface area (Å²) in [4.78, 5) is 18.8. The maximum absolute atomic E-state index is 10.1. The average Bonchev–Trinajstić information content (AvgIpc) is 2.37. The molecule has 0 saturated heterocycles. The van der Waals surface area contributed by atoms with E-state index in [1.807, 2.05) is 12.1 Å². The molecule has 1 aromatic heterocycles. The van der Waals surface area contributed by atoms with Gasteiger partial charge in [-0.05, 0) is 30.5 Å². The van der Waals surface area contributed by atoms with Gasteiger partial charge in [-0.3, -0.25) is 10.3 Å². The van der Waals surface area contributed by atoms with Crippen molar-refractivity contribution in [3.05, 3.63) is 35.0 Å². The summed E-state index contributed by atoms with van der Waals surface area (Å²) < 4.78 is 0. The van der Waals surface area contributed by atoms with Crippen LogP contribution in [-0.2, 0) is 11.3 Å². The van der Waals surface area contributed by atoms with Crippen LogP contribution < -0.4 is 5.32 Å². The van der Waals surface area contributed by atoms with E-state index in [0.717, 1.165) is 32.2 Å². The van der Waals surface area contributed by atoms with Crippen LogP contribution >= 0.6 is 0 Å². The van der Waals surface area contributed by atoms with Gasteiger partial charge in [-0.2, -0.15) is 0 Å². The number of unbranched alkanes of at least 4 members (excludes halogenated alkanes) is 1. The molecule has 0 aliphatic carbocycles. The molecule has 17 heavy (non-hydrogen) atoms. The average molecular weight is 237 g/mol. The first kappa shape index (κ1) is 13.6. The fraction of sp³-hybridized carbons (Fsp3) is 0.583. The van der Waals surface area contributed by atoms with E-state index in [9.17, 15) is 4.91 Å². The molecular formula is C12H19N3O2. The summed E-state index contributed by atoms with van der Waals surface area (Å²) >= 11 is 0. The highest BCUT2D eigenvalue weighted by Crippen LogP contribution is 2.03. The molecule has 0 saturated carbocycles. The highest BCUT2D eigenvalue weighted by Gasteiger charge is 2.08. The van der Waals surface area contributed by atoms with Crippen molar-refractivity contribution >= 4 is 0 Å². The van der Waals surface area contributed by atoms with Crippen molar-refractivity contribution in [2.45, 2.75) is 38.8 Å². The first-order chi connectivity index (χ1) is 8.36. The molecular weight excluding hydrogens is 218 g/mol. The topological polar surface area (TPSA) is 63.6 Å². The third kappa shape index (κ3) is 5.97. The molecule has 94 valence electrons. The molecule has 0 spiro atoms. The molecule has 5 nitrogen and oxygen atoms in total. The van der Waals surface area contributed by atoms with Crippen molar-refractivity contribution in [2.24, 2.45) is 5.34 Å². The zero-order valence-corrected chi connectivity index (χ0v) is 10.1. The molecule has 0 aromatic carbocycles. The molecule has 0 aliphatic heterocycles. The summed E-state index contributed by atoms with van der Waals surface area (Å²) in [6, 6.07) is 3.95. The minimum atomic E-state index is -0.269. The standard InChI is InChI=1S/C12H19N3O2/c1-2-3-4-12(17-15-16)14-10-7-11-5-8-13-9-6-11/h5-6,8-9,12,14H,2-4,7,10H2,1H3. The van der Waals surface area contributed by atoms with E-state index in [4.69, 9.17) is 4.84 Å². The number of nitrogens with zero attached hydrogens (tertiary/aromatic N) is 2. The predicted molar refractivity (Wildman–Crippen MR) is 66.1 cm³/mol. The molecule has 1 rings (SSSR count). The number of nitrogens with one attached hydrogen (secondary N) is 1. The molecule has 5 heteroatoms. The van der Waals surface area contributed by atoms with Crippen molar-refractivity contribution in [1.82, 2.24) is 10.3 Å². The highest BCUT2D eigenvalue weighted by atomic mass is 16.7. The lowest BCUT2D eigenvalue weighted by Gasteiger charge is -2.14. The maximum atomic E-state index is 10.1. The van der Waals surface area contributed by atoms with Crippen molar-refractivity contribution < 1.29 is 4.84 Å². The van der Waals surface area contributed by atoms with Gasteiger partial charge in [0.1, 0.15) is 0 Å². The van der Waals surface area contributed by atoms with E-state index in [1.165, 1.54) is 5.56 Å².